The summed E-state index contributed by atoms with van der Waals surface area (Å²) in [7, 11) is -3.42. The molecule has 1 aromatic heterocycles. The predicted molar refractivity (Wildman–Crippen MR) is 102 cm³/mol. The summed E-state index contributed by atoms with van der Waals surface area (Å²) in [6, 6.07) is 3.27. The molecule has 142 valence electrons. The van der Waals surface area contributed by atoms with Crippen molar-refractivity contribution in [3.8, 4) is 0 Å². The number of rotatable bonds is 6. The van der Waals surface area contributed by atoms with Gasteiger partial charge >= 0.3 is 0 Å². The number of piperidine rings is 1. The molecule has 2 N–H and O–H groups in total. The number of hydrogen-bond acceptors (Lipinski definition) is 5. The summed E-state index contributed by atoms with van der Waals surface area (Å²) < 4.78 is 27.6. The van der Waals surface area contributed by atoms with E-state index in [1.807, 2.05) is 4.90 Å². The Kier molecular flexibility index (Phi) is 7.69. The quantitative estimate of drug-likeness (QED) is 0.754. The van der Waals surface area contributed by atoms with Crippen molar-refractivity contribution in [1.82, 2.24) is 14.9 Å². The molecule has 2 saturated heterocycles. The van der Waals surface area contributed by atoms with E-state index < -0.39 is 10.0 Å². The van der Waals surface area contributed by atoms with Crippen molar-refractivity contribution < 1.29 is 13.2 Å². The van der Waals surface area contributed by atoms with Crippen molar-refractivity contribution in [2.75, 3.05) is 26.2 Å². The number of likely N-dealkylation sites (tertiary alicyclic amines) is 1. The van der Waals surface area contributed by atoms with E-state index in [0.717, 1.165) is 19.5 Å². The number of thiophene rings is 1. The van der Waals surface area contributed by atoms with Crippen LogP contribution in [0.5, 0.6) is 0 Å². The van der Waals surface area contributed by atoms with Gasteiger partial charge in [0.05, 0.1) is 0 Å². The third kappa shape index (κ3) is 5.65. The molecule has 1 aromatic rings. The summed E-state index contributed by atoms with van der Waals surface area (Å²) in [6.07, 6.45) is 4.09. The molecule has 2 aliphatic rings. The highest BCUT2D eigenvalue weighted by atomic mass is 35.5. The smallest absolute Gasteiger partial charge is 0.250 e. The number of sulfonamides is 1. The van der Waals surface area contributed by atoms with Crippen LogP contribution in [0.1, 0.15) is 32.1 Å². The molecule has 25 heavy (non-hydrogen) atoms. The van der Waals surface area contributed by atoms with Crippen LogP contribution in [0.25, 0.3) is 0 Å². The molecule has 0 bridgehead atoms. The van der Waals surface area contributed by atoms with E-state index in [-0.39, 0.29) is 24.4 Å². The molecular formula is C16H26ClN3O3S2. The van der Waals surface area contributed by atoms with E-state index in [9.17, 15) is 13.2 Å². The van der Waals surface area contributed by atoms with Crippen molar-refractivity contribution in [3.63, 3.8) is 0 Å². The third-order valence-corrected chi connectivity index (χ3v) is 7.78. The first-order chi connectivity index (χ1) is 11.5. The van der Waals surface area contributed by atoms with Crippen LogP contribution >= 0.6 is 23.7 Å². The van der Waals surface area contributed by atoms with Gasteiger partial charge in [0.1, 0.15) is 4.21 Å². The lowest BCUT2D eigenvalue weighted by Gasteiger charge is -2.32. The van der Waals surface area contributed by atoms with E-state index in [1.165, 1.54) is 17.8 Å². The van der Waals surface area contributed by atoms with E-state index >= 15 is 0 Å². The maximum Gasteiger partial charge on any atom is 0.250 e. The summed E-state index contributed by atoms with van der Waals surface area (Å²) in [5, 5.41) is 5.09. The van der Waals surface area contributed by atoms with Crippen LogP contribution in [0.3, 0.4) is 0 Å². The number of carbonyl (C=O) groups excluding carboxylic acids is 1. The Labute approximate surface area is 159 Å². The Bertz CT molecular complexity index is 638. The lowest BCUT2D eigenvalue weighted by molar-refractivity contribution is -0.132. The molecule has 0 aliphatic carbocycles. The molecule has 0 saturated carbocycles. The largest absolute Gasteiger partial charge is 0.343 e. The summed E-state index contributed by atoms with van der Waals surface area (Å²) in [6.45, 7) is 3.37. The summed E-state index contributed by atoms with van der Waals surface area (Å²) in [4.78, 5) is 14.2. The third-order valence-electron chi connectivity index (χ3n) is 4.86. The van der Waals surface area contributed by atoms with Gasteiger partial charge in [-0.1, -0.05) is 6.07 Å². The molecule has 3 heterocycles. The Hall–Kier alpha value is -0.670. The zero-order valence-corrected chi connectivity index (χ0v) is 16.6. The first-order valence-electron chi connectivity index (χ1n) is 8.59. The van der Waals surface area contributed by atoms with Gasteiger partial charge in [0.2, 0.25) is 15.9 Å². The Morgan fingerprint density at radius 1 is 1.32 bits per heavy atom. The van der Waals surface area contributed by atoms with Crippen LogP contribution in [0.2, 0.25) is 0 Å². The lowest BCUT2D eigenvalue weighted by Crippen LogP contribution is -2.46. The van der Waals surface area contributed by atoms with Gasteiger partial charge in [0.25, 0.3) is 0 Å². The topological polar surface area (TPSA) is 78.5 Å². The number of amides is 1. The second kappa shape index (κ2) is 9.32. The van der Waals surface area contributed by atoms with Crippen LogP contribution in [0, 0.1) is 5.92 Å². The zero-order valence-electron chi connectivity index (χ0n) is 14.1. The first-order valence-corrected chi connectivity index (χ1v) is 11.0. The Morgan fingerprint density at radius 2 is 2.08 bits per heavy atom. The molecule has 3 rings (SSSR count). The average Bonchev–Trinajstić information content (AvgIpc) is 3.26. The van der Waals surface area contributed by atoms with Gasteiger partial charge in [-0.05, 0) is 56.1 Å². The van der Waals surface area contributed by atoms with Gasteiger partial charge in [0, 0.05) is 25.6 Å². The maximum absolute atomic E-state index is 12.3. The molecule has 1 atom stereocenters. The van der Waals surface area contributed by atoms with E-state index in [0.29, 0.717) is 42.5 Å². The number of hydrogen-bond donors (Lipinski definition) is 2. The van der Waals surface area contributed by atoms with Crippen LogP contribution < -0.4 is 10.0 Å². The van der Waals surface area contributed by atoms with Crippen LogP contribution in [-0.2, 0) is 14.8 Å². The highest BCUT2D eigenvalue weighted by Gasteiger charge is 2.27. The van der Waals surface area contributed by atoms with Gasteiger partial charge in [0.15, 0.2) is 0 Å². The molecular weight excluding hydrogens is 382 g/mol. The van der Waals surface area contributed by atoms with Gasteiger partial charge < -0.3 is 10.2 Å². The molecule has 1 amide bonds. The van der Waals surface area contributed by atoms with Crippen molar-refractivity contribution in [2.45, 2.75) is 42.4 Å². The standard InChI is InChI=1S/C16H25N3O3S2.ClH/c20-15(4-3-13-5-8-17-12-13)19-9-6-14(7-10-19)18-24(21,22)16-2-1-11-23-16;/h1-2,11,13-14,17-18H,3-10,12H2;1H. The SMILES string of the molecule is Cl.O=C(CCC1CCNC1)N1CCC(NS(=O)(=O)c2cccs2)CC1. The van der Waals surface area contributed by atoms with Crippen molar-refractivity contribution in [1.29, 1.82) is 0 Å². The molecule has 0 aromatic carbocycles. The monoisotopic (exact) mass is 407 g/mol. The maximum atomic E-state index is 12.3. The molecule has 2 fully saturated rings. The normalized spacial score (nSPS) is 21.9. The van der Waals surface area contributed by atoms with E-state index in [4.69, 9.17) is 0 Å². The minimum Gasteiger partial charge on any atom is -0.343 e. The number of nitrogens with zero attached hydrogens (tertiary/aromatic N) is 1. The molecule has 9 heteroatoms. The summed E-state index contributed by atoms with van der Waals surface area (Å²) >= 11 is 1.22. The Morgan fingerprint density at radius 3 is 2.68 bits per heavy atom. The van der Waals surface area contributed by atoms with Gasteiger partial charge in [-0.3, -0.25) is 4.79 Å². The highest BCUT2D eigenvalue weighted by Crippen LogP contribution is 2.20. The second-order valence-electron chi connectivity index (χ2n) is 6.61. The molecule has 2 aliphatic heterocycles. The number of carbonyl (C=O) groups is 1. The average molecular weight is 408 g/mol. The fourth-order valence-corrected chi connectivity index (χ4v) is 5.70. The fraction of sp³-hybridized carbons (Fsp3) is 0.688. The minimum atomic E-state index is -3.42. The molecule has 0 spiro atoms. The fourth-order valence-electron chi connectivity index (χ4n) is 3.39. The molecule has 6 nitrogen and oxygen atoms in total. The Balaban J connectivity index is 0.00000225. The van der Waals surface area contributed by atoms with Crippen molar-refractivity contribution in [3.05, 3.63) is 17.5 Å². The number of halogens is 1. The molecule has 0 radical (unpaired) electrons. The number of nitrogens with one attached hydrogen (secondary N) is 2. The summed E-state index contributed by atoms with van der Waals surface area (Å²) in [5.41, 5.74) is 0. The van der Waals surface area contributed by atoms with Crippen molar-refractivity contribution in [2.24, 2.45) is 5.92 Å². The van der Waals surface area contributed by atoms with Crippen LogP contribution in [0.15, 0.2) is 21.7 Å². The van der Waals surface area contributed by atoms with Gasteiger partial charge in [-0.2, -0.15) is 0 Å². The minimum absolute atomic E-state index is 0. The summed E-state index contributed by atoms with van der Waals surface area (Å²) in [5.74, 6) is 0.838. The highest BCUT2D eigenvalue weighted by molar-refractivity contribution is 7.91. The van der Waals surface area contributed by atoms with Gasteiger partial charge in [-0.25, -0.2) is 13.1 Å². The molecule has 1 unspecified atom stereocenters. The predicted octanol–water partition coefficient (Wildman–Crippen LogP) is 1.83. The second-order valence-corrected chi connectivity index (χ2v) is 9.49. The zero-order chi connectivity index (χ0) is 17.0. The van der Waals surface area contributed by atoms with Crippen LogP contribution in [0.4, 0.5) is 0 Å². The van der Waals surface area contributed by atoms with Crippen molar-refractivity contribution >= 4 is 39.7 Å². The van der Waals surface area contributed by atoms with Gasteiger partial charge in [-0.15, -0.1) is 23.7 Å². The first kappa shape index (κ1) is 20.6. The van der Waals surface area contributed by atoms with E-state index in [2.05, 4.69) is 10.0 Å². The van der Waals surface area contributed by atoms with E-state index in [1.54, 1.807) is 17.5 Å². The lowest BCUT2D eigenvalue weighted by atomic mass is 10.0. The van der Waals surface area contributed by atoms with Crippen LogP contribution in [-0.4, -0.2) is 51.4 Å².